The lowest BCUT2D eigenvalue weighted by Crippen LogP contribution is -2.37. The van der Waals surface area contributed by atoms with Crippen LogP contribution in [0.15, 0.2) is 24.3 Å². The molecule has 0 atom stereocenters. The number of hydrogen-bond donors (Lipinski definition) is 0. The Morgan fingerprint density at radius 3 is 2.17 bits per heavy atom. The van der Waals surface area contributed by atoms with E-state index >= 15 is 0 Å². The SMILES string of the molecule is C/C=C\CC1OCC(OCCCC2CCC(C3CCC(C=C(F)F)CC3)CC2)CO1. The van der Waals surface area contributed by atoms with Gasteiger partial charge in [-0.25, -0.2) is 0 Å². The maximum atomic E-state index is 12.4. The van der Waals surface area contributed by atoms with Gasteiger partial charge in [-0.3, -0.25) is 0 Å². The van der Waals surface area contributed by atoms with E-state index in [1.807, 2.05) is 13.0 Å². The summed E-state index contributed by atoms with van der Waals surface area (Å²) >= 11 is 0. The number of rotatable bonds is 9. The van der Waals surface area contributed by atoms with Crippen LogP contribution < -0.4 is 0 Å². The molecule has 2 aliphatic carbocycles. The zero-order valence-corrected chi connectivity index (χ0v) is 18.6. The highest BCUT2D eigenvalue weighted by molar-refractivity contribution is 4.92. The van der Waals surface area contributed by atoms with Gasteiger partial charge in [-0.05, 0) is 88.0 Å². The summed E-state index contributed by atoms with van der Waals surface area (Å²) in [7, 11) is 0. The molecular formula is C25H40F2O3. The summed E-state index contributed by atoms with van der Waals surface area (Å²) in [5, 5.41) is 0. The summed E-state index contributed by atoms with van der Waals surface area (Å²) in [4.78, 5) is 0. The van der Waals surface area contributed by atoms with E-state index in [0.717, 1.165) is 62.9 Å². The van der Waals surface area contributed by atoms with Crippen molar-refractivity contribution in [1.29, 1.82) is 0 Å². The fourth-order valence-electron chi connectivity index (χ4n) is 5.54. The van der Waals surface area contributed by atoms with E-state index in [0.29, 0.717) is 13.2 Å². The molecule has 1 aliphatic heterocycles. The summed E-state index contributed by atoms with van der Waals surface area (Å²) in [6.07, 6.45) is 16.4. The van der Waals surface area contributed by atoms with Crippen LogP contribution in [-0.4, -0.2) is 32.2 Å². The molecule has 0 unspecified atom stereocenters. The van der Waals surface area contributed by atoms with E-state index in [1.54, 1.807) is 0 Å². The molecule has 3 aliphatic rings. The lowest BCUT2D eigenvalue weighted by Gasteiger charge is -2.37. The second-order valence-corrected chi connectivity index (χ2v) is 9.45. The number of hydrogen-bond acceptors (Lipinski definition) is 3. The lowest BCUT2D eigenvalue weighted by molar-refractivity contribution is -0.224. The van der Waals surface area contributed by atoms with Crippen molar-refractivity contribution in [2.24, 2.45) is 23.7 Å². The van der Waals surface area contributed by atoms with Crippen LogP contribution in [0, 0.1) is 23.7 Å². The summed E-state index contributed by atoms with van der Waals surface area (Å²) < 4.78 is 42.2. The topological polar surface area (TPSA) is 27.7 Å². The Labute approximate surface area is 181 Å². The first-order chi connectivity index (χ1) is 14.6. The minimum atomic E-state index is -1.50. The molecule has 0 N–H and O–H groups in total. The van der Waals surface area contributed by atoms with Crippen molar-refractivity contribution in [3.8, 4) is 0 Å². The van der Waals surface area contributed by atoms with Crippen LogP contribution in [0.1, 0.15) is 77.6 Å². The van der Waals surface area contributed by atoms with E-state index in [9.17, 15) is 8.78 Å². The normalized spacial score (nSPS) is 35.4. The molecule has 2 saturated carbocycles. The van der Waals surface area contributed by atoms with Crippen LogP contribution in [0.2, 0.25) is 0 Å². The molecular weight excluding hydrogens is 386 g/mol. The van der Waals surface area contributed by atoms with Crippen LogP contribution in [-0.2, 0) is 14.2 Å². The van der Waals surface area contributed by atoms with E-state index in [1.165, 1.54) is 38.2 Å². The monoisotopic (exact) mass is 426 g/mol. The van der Waals surface area contributed by atoms with Gasteiger partial charge in [0.15, 0.2) is 6.29 Å². The Morgan fingerprint density at radius 2 is 1.57 bits per heavy atom. The zero-order chi connectivity index (χ0) is 21.2. The molecule has 30 heavy (non-hydrogen) atoms. The van der Waals surface area contributed by atoms with E-state index in [4.69, 9.17) is 14.2 Å². The average Bonchev–Trinajstić information content (AvgIpc) is 2.77. The molecule has 3 nitrogen and oxygen atoms in total. The van der Waals surface area contributed by atoms with Gasteiger partial charge in [-0.2, -0.15) is 8.78 Å². The number of ether oxygens (including phenoxy) is 3. The molecule has 3 rings (SSSR count). The third kappa shape index (κ3) is 8.05. The Hall–Kier alpha value is -0.780. The van der Waals surface area contributed by atoms with E-state index < -0.39 is 6.08 Å². The molecule has 172 valence electrons. The van der Waals surface area contributed by atoms with Crippen LogP contribution in [0.5, 0.6) is 0 Å². The van der Waals surface area contributed by atoms with Crippen LogP contribution in [0.4, 0.5) is 8.78 Å². The summed E-state index contributed by atoms with van der Waals surface area (Å²) in [5.74, 6) is 2.53. The standard InChI is InChI=1S/C25H40F2O3/c1-2-3-6-25-29-17-23(18-30-25)28-15-4-5-19-7-11-21(12-8-19)22-13-9-20(10-14-22)16-24(26)27/h2-3,16,19-23,25H,4-15,17-18H2,1H3/b3-2-. The first-order valence-electron chi connectivity index (χ1n) is 12.1. The number of allylic oxidation sites excluding steroid dienone is 2. The summed E-state index contributed by atoms with van der Waals surface area (Å²) in [5.41, 5.74) is 0. The molecule has 0 amide bonds. The Morgan fingerprint density at radius 1 is 0.933 bits per heavy atom. The molecule has 1 heterocycles. The van der Waals surface area contributed by atoms with Crippen LogP contribution in [0.25, 0.3) is 0 Å². The second-order valence-electron chi connectivity index (χ2n) is 9.45. The van der Waals surface area contributed by atoms with Crippen LogP contribution >= 0.6 is 0 Å². The van der Waals surface area contributed by atoms with E-state index in [-0.39, 0.29) is 18.3 Å². The third-order valence-corrected chi connectivity index (χ3v) is 7.35. The number of halogens is 2. The third-order valence-electron chi connectivity index (χ3n) is 7.35. The van der Waals surface area contributed by atoms with Gasteiger partial charge in [-0.15, -0.1) is 0 Å². The van der Waals surface area contributed by atoms with Gasteiger partial charge in [0.1, 0.15) is 6.10 Å². The van der Waals surface area contributed by atoms with Crippen molar-refractivity contribution in [2.75, 3.05) is 19.8 Å². The minimum absolute atomic E-state index is 0.0680. The molecule has 5 heteroatoms. The first kappa shape index (κ1) is 23.9. The van der Waals surface area contributed by atoms with Gasteiger partial charge < -0.3 is 14.2 Å². The first-order valence-corrected chi connectivity index (χ1v) is 12.1. The Bertz CT molecular complexity index is 523. The fourth-order valence-corrected chi connectivity index (χ4v) is 5.54. The minimum Gasteiger partial charge on any atom is -0.373 e. The van der Waals surface area contributed by atoms with Gasteiger partial charge in [0.2, 0.25) is 0 Å². The second kappa shape index (κ2) is 12.9. The van der Waals surface area contributed by atoms with Crippen LogP contribution in [0.3, 0.4) is 0 Å². The highest BCUT2D eigenvalue weighted by Gasteiger charge is 2.30. The molecule has 0 bridgehead atoms. The van der Waals surface area contributed by atoms with Crippen molar-refractivity contribution >= 4 is 0 Å². The van der Waals surface area contributed by atoms with Crippen molar-refractivity contribution in [2.45, 2.75) is 89.9 Å². The molecule has 0 spiro atoms. The molecule has 3 fully saturated rings. The van der Waals surface area contributed by atoms with Crippen molar-refractivity contribution < 1.29 is 23.0 Å². The van der Waals surface area contributed by atoms with Crippen molar-refractivity contribution in [3.63, 3.8) is 0 Å². The molecule has 0 radical (unpaired) electrons. The molecule has 0 aromatic heterocycles. The highest BCUT2D eigenvalue weighted by Crippen LogP contribution is 2.42. The molecule has 0 aromatic rings. The van der Waals surface area contributed by atoms with Gasteiger partial charge in [0.05, 0.1) is 13.2 Å². The van der Waals surface area contributed by atoms with Gasteiger partial charge in [0.25, 0.3) is 6.08 Å². The molecule has 1 saturated heterocycles. The Kier molecular flexibility index (Phi) is 10.3. The zero-order valence-electron chi connectivity index (χ0n) is 18.6. The fraction of sp³-hybridized carbons (Fsp3) is 0.840. The maximum absolute atomic E-state index is 12.4. The predicted molar refractivity (Wildman–Crippen MR) is 115 cm³/mol. The molecule has 0 aromatic carbocycles. The summed E-state index contributed by atoms with van der Waals surface area (Å²) in [6.45, 7) is 4.05. The quantitative estimate of drug-likeness (QED) is 0.297. The smallest absolute Gasteiger partial charge is 0.266 e. The summed E-state index contributed by atoms with van der Waals surface area (Å²) in [6, 6.07) is 0. The van der Waals surface area contributed by atoms with Gasteiger partial charge in [0, 0.05) is 13.0 Å². The highest BCUT2D eigenvalue weighted by atomic mass is 19.3. The lowest BCUT2D eigenvalue weighted by atomic mass is 9.69. The predicted octanol–water partition coefficient (Wildman–Crippen LogP) is 6.88. The largest absolute Gasteiger partial charge is 0.373 e. The maximum Gasteiger partial charge on any atom is 0.266 e. The van der Waals surface area contributed by atoms with Gasteiger partial charge >= 0.3 is 0 Å². The average molecular weight is 427 g/mol. The van der Waals surface area contributed by atoms with Gasteiger partial charge in [-0.1, -0.05) is 25.0 Å². The van der Waals surface area contributed by atoms with E-state index in [2.05, 4.69) is 6.08 Å². The van der Waals surface area contributed by atoms with Crippen molar-refractivity contribution in [1.82, 2.24) is 0 Å². The van der Waals surface area contributed by atoms with Crippen molar-refractivity contribution in [3.05, 3.63) is 24.3 Å². The Balaban J connectivity index is 1.22.